The average Bonchev–Trinajstić information content (AvgIpc) is 2.32. The van der Waals surface area contributed by atoms with Gasteiger partial charge in [-0.05, 0) is 19.9 Å². The van der Waals surface area contributed by atoms with Gasteiger partial charge in [-0.25, -0.2) is 0 Å². The van der Waals surface area contributed by atoms with E-state index in [0.29, 0.717) is 12.2 Å². The molecule has 0 aromatic carbocycles. The molecule has 4 heteroatoms. The summed E-state index contributed by atoms with van der Waals surface area (Å²) in [6, 6.07) is 0. The summed E-state index contributed by atoms with van der Waals surface area (Å²) in [5.74, 6) is 0. The second-order valence-corrected chi connectivity index (χ2v) is 5.37. The molecule has 4 nitrogen and oxygen atoms in total. The Labute approximate surface area is 105 Å². The summed E-state index contributed by atoms with van der Waals surface area (Å²) in [6.07, 6.45) is 2.03. The summed E-state index contributed by atoms with van der Waals surface area (Å²) in [5.41, 5.74) is 0. The van der Waals surface area contributed by atoms with E-state index >= 15 is 0 Å². The fourth-order valence-electron chi connectivity index (χ4n) is 2.78. The lowest BCUT2D eigenvalue weighted by Crippen LogP contribution is -2.53. The van der Waals surface area contributed by atoms with Crippen molar-refractivity contribution in [3.05, 3.63) is 0 Å². The van der Waals surface area contributed by atoms with Crippen LogP contribution in [-0.4, -0.2) is 74.4 Å². The third-order valence-corrected chi connectivity index (χ3v) is 3.70. The van der Waals surface area contributed by atoms with E-state index in [-0.39, 0.29) is 0 Å². The summed E-state index contributed by atoms with van der Waals surface area (Å²) in [4.78, 5) is 5.12. The quantitative estimate of drug-likeness (QED) is 0.771. The first-order valence-corrected chi connectivity index (χ1v) is 7.09. The fraction of sp³-hybridized carbons (Fsp3) is 1.00. The SMILES string of the molecule is CCCN1CCN(C[C@@H]2CNC[C@@H](C)O2)CC1. The Morgan fingerprint density at radius 2 is 1.82 bits per heavy atom. The molecular formula is C13H27N3O. The monoisotopic (exact) mass is 241 g/mol. The molecule has 0 saturated carbocycles. The molecule has 0 unspecified atom stereocenters. The third-order valence-electron chi connectivity index (χ3n) is 3.70. The molecule has 2 aliphatic rings. The fourth-order valence-corrected chi connectivity index (χ4v) is 2.78. The average molecular weight is 241 g/mol. The van der Waals surface area contributed by atoms with Gasteiger partial charge in [-0.3, -0.25) is 4.90 Å². The molecule has 0 bridgehead atoms. The topological polar surface area (TPSA) is 27.7 Å². The van der Waals surface area contributed by atoms with Crippen molar-refractivity contribution < 1.29 is 4.74 Å². The van der Waals surface area contributed by atoms with Crippen LogP contribution in [0.1, 0.15) is 20.3 Å². The minimum absolute atomic E-state index is 0.370. The molecule has 2 aliphatic heterocycles. The highest BCUT2D eigenvalue weighted by atomic mass is 16.5. The van der Waals surface area contributed by atoms with E-state index in [9.17, 15) is 0 Å². The van der Waals surface area contributed by atoms with Gasteiger partial charge in [0.25, 0.3) is 0 Å². The number of ether oxygens (including phenoxy) is 1. The largest absolute Gasteiger partial charge is 0.371 e. The first-order valence-electron chi connectivity index (χ1n) is 7.09. The molecule has 2 saturated heterocycles. The lowest BCUT2D eigenvalue weighted by Gasteiger charge is -2.38. The minimum Gasteiger partial charge on any atom is -0.371 e. The molecule has 2 heterocycles. The van der Waals surface area contributed by atoms with Crippen LogP contribution >= 0.6 is 0 Å². The highest BCUT2D eigenvalue weighted by Gasteiger charge is 2.23. The maximum Gasteiger partial charge on any atom is 0.0830 e. The Morgan fingerprint density at radius 1 is 1.12 bits per heavy atom. The predicted octanol–water partition coefficient (Wildman–Crippen LogP) is 0.391. The molecule has 100 valence electrons. The third kappa shape index (κ3) is 4.21. The molecule has 0 spiro atoms. The zero-order valence-electron chi connectivity index (χ0n) is 11.3. The lowest BCUT2D eigenvalue weighted by molar-refractivity contribution is -0.0473. The second kappa shape index (κ2) is 6.69. The van der Waals surface area contributed by atoms with Crippen LogP contribution in [0, 0.1) is 0 Å². The molecule has 0 aliphatic carbocycles. The summed E-state index contributed by atoms with van der Waals surface area (Å²) in [5, 5.41) is 3.44. The van der Waals surface area contributed by atoms with Crippen LogP contribution in [0.15, 0.2) is 0 Å². The zero-order valence-corrected chi connectivity index (χ0v) is 11.3. The Kier molecular flexibility index (Phi) is 5.22. The first kappa shape index (κ1) is 13.3. The summed E-state index contributed by atoms with van der Waals surface area (Å²) in [6.45, 7) is 13.6. The van der Waals surface area contributed by atoms with Crippen LogP contribution in [0.5, 0.6) is 0 Å². The number of nitrogens with zero attached hydrogens (tertiary/aromatic N) is 2. The Balaban J connectivity index is 1.67. The number of rotatable bonds is 4. The van der Waals surface area contributed by atoms with Gasteiger partial charge in [0, 0.05) is 45.8 Å². The van der Waals surface area contributed by atoms with Crippen LogP contribution in [0.3, 0.4) is 0 Å². The first-order chi connectivity index (χ1) is 8.28. The zero-order chi connectivity index (χ0) is 12.1. The van der Waals surface area contributed by atoms with Gasteiger partial charge in [0.1, 0.15) is 0 Å². The normalized spacial score (nSPS) is 32.8. The van der Waals surface area contributed by atoms with Crippen molar-refractivity contribution >= 4 is 0 Å². The van der Waals surface area contributed by atoms with E-state index in [2.05, 4.69) is 29.0 Å². The van der Waals surface area contributed by atoms with Crippen molar-refractivity contribution in [1.82, 2.24) is 15.1 Å². The molecule has 0 aromatic rings. The number of hydrogen-bond donors (Lipinski definition) is 1. The maximum absolute atomic E-state index is 5.95. The summed E-state index contributed by atoms with van der Waals surface area (Å²) >= 11 is 0. The van der Waals surface area contributed by atoms with E-state index in [1.54, 1.807) is 0 Å². The molecule has 2 fully saturated rings. The van der Waals surface area contributed by atoms with Gasteiger partial charge in [0.2, 0.25) is 0 Å². The van der Waals surface area contributed by atoms with Gasteiger partial charge in [-0.1, -0.05) is 6.92 Å². The molecule has 2 atom stereocenters. The van der Waals surface area contributed by atoms with Crippen molar-refractivity contribution in [2.24, 2.45) is 0 Å². The molecule has 0 radical (unpaired) electrons. The number of morpholine rings is 1. The number of hydrogen-bond acceptors (Lipinski definition) is 4. The maximum atomic E-state index is 5.95. The number of nitrogens with one attached hydrogen (secondary N) is 1. The Hall–Kier alpha value is -0.160. The second-order valence-electron chi connectivity index (χ2n) is 5.37. The van der Waals surface area contributed by atoms with E-state index in [1.807, 2.05) is 0 Å². The van der Waals surface area contributed by atoms with Crippen LogP contribution < -0.4 is 5.32 Å². The molecular weight excluding hydrogens is 214 g/mol. The van der Waals surface area contributed by atoms with Gasteiger partial charge >= 0.3 is 0 Å². The van der Waals surface area contributed by atoms with E-state index in [4.69, 9.17) is 4.74 Å². The van der Waals surface area contributed by atoms with Crippen molar-refractivity contribution in [3.63, 3.8) is 0 Å². The molecule has 1 N–H and O–H groups in total. The lowest BCUT2D eigenvalue weighted by atomic mass is 10.2. The Bertz CT molecular complexity index is 217. The summed E-state index contributed by atoms with van der Waals surface area (Å²) in [7, 11) is 0. The van der Waals surface area contributed by atoms with Gasteiger partial charge in [0.05, 0.1) is 12.2 Å². The minimum atomic E-state index is 0.370. The molecule has 0 aromatic heterocycles. The van der Waals surface area contributed by atoms with E-state index in [0.717, 1.165) is 19.6 Å². The van der Waals surface area contributed by atoms with Crippen molar-refractivity contribution in [2.75, 3.05) is 52.4 Å². The standard InChI is InChI=1S/C13H27N3O/c1-3-4-15-5-7-16(8-6-15)11-13-10-14-9-12(2)17-13/h12-14H,3-11H2,1-2H3/t12-,13+/m1/s1. The highest BCUT2D eigenvalue weighted by Crippen LogP contribution is 2.08. The summed E-state index contributed by atoms with van der Waals surface area (Å²) < 4.78 is 5.95. The van der Waals surface area contributed by atoms with Gasteiger partial charge in [-0.15, -0.1) is 0 Å². The smallest absolute Gasteiger partial charge is 0.0830 e. The van der Waals surface area contributed by atoms with Crippen LogP contribution in [0.25, 0.3) is 0 Å². The van der Waals surface area contributed by atoms with Crippen molar-refractivity contribution in [3.8, 4) is 0 Å². The van der Waals surface area contributed by atoms with Gasteiger partial charge in [0.15, 0.2) is 0 Å². The molecule has 17 heavy (non-hydrogen) atoms. The van der Waals surface area contributed by atoms with Gasteiger partial charge < -0.3 is 15.0 Å². The predicted molar refractivity (Wildman–Crippen MR) is 70.4 cm³/mol. The molecule has 2 rings (SSSR count). The highest BCUT2D eigenvalue weighted by molar-refractivity contribution is 4.78. The van der Waals surface area contributed by atoms with Crippen LogP contribution in [0.4, 0.5) is 0 Å². The number of piperazine rings is 1. The molecule has 0 amide bonds. The van der Waals surface area contributed by atoms with E-state index in [1.165, 1.54) is 39.1 Å². The van der Waals surface area contributed by atoms with Gasteiger partial charge in [-0.2, -0.15) is 0 Å². The van der Waals surface area contributed by atoms with Crippen molar-refractivity contribution in [2.45, 2.75) is 32.5 Å². The van der Waals surface area contributed by atoms with Crippen molar-refractivity contribution in [1.29, 1.82) is 0 Å². The van der Waals surface area contributed by atoms with E-state index < -0.39 is 0 Å². The van der Waals surface area contributed by atoms with Crippen LogP contribution in [-0.2, 0) is 4.74 Å². The van der Waals surface area contributed by atoms with Crippen LogP contribution in [0.2, 0.25) is 0 Å². The Morgan fingerprint density at radius 3 is 2.47 bits per heavy atom.